The number of nitrogens with zero attached hydrogens (tertiary/aromatic N) is 2. The zero-order valence-corrected chi connectivity index (χ0v) is 24.2. The predicted molar refractivity (Wildman–Crippen MR) is 161 cm³/mol. The summed E-state index contributed by atoms with van der Waals surface area (Å²) >= 11 is 0. The molecular weight excluding hydrogens is 528 g/mol. The SMILES string of the molecule is CN[C@@H](C)C(=O)N[C@H]1CN(C(=O)CCCC(C)=O)c2ccccc2N(Cc2c(C)ccc3ccccc23)C1=O.Cl. The Kier molecular flexibility index (Phi) is 10.4. The van der Waals surface area contributed by atoms with E-state index < -0.39 is 12.1 Å². The Balaban J connectivity index is 0.00000441. The number of likely N-dealkylation sites (N-methyl/N-ethyl adjacent to an activating group) is 1. The van der Waals surface area contributed by atoms with E-state index in [9.17, 15) is 19.2 Å². The molecule has 0 bridgehead atoms. The van der Waals surface area contributed by atoms with E-state index in [0.29, 0.717) is 24.2 Å². The monoisotopic (exact) mass is 564 g/mol. The van der Waals surface area contributed by atoms with E-state index in [1.165, 1.54) is 6.92 Å². The summed E-state index contributed by atoms with van der Waals surface area (Å²) in [5, 5.41) is 7.91. The molecule has 0 aliphatic carbocycles. The first-order valence-corrected chi connectivity index (χ1v) is 13.4. The Morgan fingerprint density at radius 1 is 0.975 bits per heavy atom. The zero-order chi connectivity index (χ0) is 28.1. The summed E-state index contributed by atoms with van der Waals surface area (Å²) in [5.74, 6) is -0.782. The van der Waals surface area contributed by atoms with Crippen LogP contribution in [0.2, 0.25) is 0 Å². The van der Waals surface area contributed by atoms with Crippen LogP contribution < -0.4 is 20.4 Å². The standard InChI is InChI=1S/C31H36N4O4.ClH/c1-20-16-17-23-11-5-6-12-24(23)25(20)18-35-28-14-8-7-13-27(28)34(29(37)15-9-10-21(2)36)19-26(31(35)39)33-30(38)22(3)32-4;/h5-8,11-14,16-17,22,26,32H,9-10,15,18-19H2,1-4H3,(H,33,38);1H/t22-,26-;/m0./s1. The third-order valence-corrected chi connectivity index (χ3v) is 7.35. The van der Waals surface area contributed by atoms with Gasteiger partial charge in [-0.1, -0.05) is 48.5 Å². The van der Waals surface area contributed by atoms with Crippen LogP contribution >= 0.6 is 12.4 Å². The number of aryl methyl sites for hydroxylation is 1. The van der Waals surface area contributed by atoms with Gasteiger partial charge in [-0.25, -0.2) is 0 Å². The lowest BCUT2D eigenvalue weighted by Crippen LogP contribution is -2.55. The molecule has 40 heavy (non-hydrogen) atoms. The van der Waals surface area contributed by atoms with Crippen molar-refractivity contribution in [3.05, 3.63) is 71.8 Å². The number of hydrogen-bond donors (Lipinski definition) is 2. The topological polar surface area (TPSA) is 98.8 Å². The van der Waals surface area contributed by atoms with Crippen LogP contribution in [0.15, 0.2) is 60.7 Å². The normalized spacial score (nSPS) is 15.6. The fourth-order valence-corrected chi connectivity index (χ4v) is 4.96. The number of carbonyl (C=O) groups is 4. The number of Topliss-reactive ketones (excluding diaryl/α,β-unsaturated/α-hetero) is 1. The number of fused-ring (bicyclic) bond motifs is 2. The van der Waals surface area contributed by atoms with Crippen LogP contribution in [0.5, 0.6) is 0 Å². The van der Waals surface area contributed by atoms with Gasteiger partial charge < -0.3 is 25.2 Å². The fraction of sp³-hybridized carbons (Fsp3) is 0.355. The highest BCUT2D eigenvalue weighted by Crippen LogP contribution is 2.36. The molecular formula is C31H37ClN4O4. The lowest BCUT2D eigenvalue weighted by molar-refractivity contribution is -0.128. The first-order chi connectivity index (χ1) is 18.7. The molecule has 9 heteroatoms. The minimum atomic E-state index is -0.951. The van der Waals surface area contributed by atoms with Crippen molar-refractivity contribution in [2.75, 3.05) is 23.4 Å². The molecule has 1 heterocycles. The molecule has 4 rings (SSSR count). The van der Waals surface area contributed by atoms with Gasteiger partial charge >= 0.3 is 0 Å². The fourth-order valence-electron chi connectivity index (χ4n) is 4.96. The molecule has 0 saturated heterocycles. The van der Waals surface area contributed by atoms with Gasteiger partial charge in [0.1, 0.15) is 11.8 Å². The highest BCUT2D eigenvalue weighted by molar-refractivity contribution is 6.08. The molecule has 1 aliphatic heterocycles. The second-order valence-electron chi connectivity index (χ2n) is 10.1. The third-order valence-electron chi connectivity index (χ3n) is 7.35. The highest BCUT2D eigenvalue weighted by Gasteiger charge is 2.37. The number of rotatable bonds is 9. The van der Waals surface area contributed by atoms with Gasteiger partial charge in [-0.2, -0.15) is 0 Å². The summed E-state index contributed by atoms with van der Waals surface area (Å²) in [6.45, 7) is 5.53. The molecule has 0 unspecified atom stereocenters. The Hall–Kier alpha value is -3.75. The predicted octanol–water partition coefficient (Wildman–Crippen LogP) is 4.30. The largest absolute Gasteiger partial charge is 0.341 e. The minimum Gasteiger partial charge on any atom is -0.341 e. The van der Waals surface area contributed by atoms with E-state index in [1.54, 1.807) is 23.8 Å². The van der Waals surface area contributed by atoms with Crippen molar-refractivity contribution in [2.45, 2.75) is 58.7 Å². The van der Waals surface area contributed by atoms with Crippen molar-refractivity contribution in [2.24, 2.45) is 0 Å². The first kappa shape index (κ1) is 30.8. The van der Waals surface area contributed by atoms with Gasteiger partial charge in [-0.3, -0.25) is 14.4 Å². The van der Waals surface area contributed by atoms with Crippen LogP contribution in [0.4, 0.5) is 11.4 Å². The number of nitrogens with one attached hydrogen (secondary N) is 2. The van der Waals surface area contributed by atoms with Crippen molar-refractivity contribution < 1.29 is 19.2 Å². The number of para-hydroxylation sites is 2. The summed E-state index contributed by atoms with van der Waals surface area (Å²) in [6.07, 6.45) is 0.901. The van der Waals surface area contributed by atoms with Gasteiger partial charge in [0.05, 0.1) is 30.5 Å². The number of carbonyl (C=O) groups excluding carboxylic acids is 4. The average Bonchev–Trinajstić information content (AvgIpc) is 3.04. The number of hydrogen-bond acceptors (Lipinski definition) is 5. The Bertz CT molecular complexity index is 1410. The van der Waals surface area contributed by atoms with E-state index in [1.807, 2.05) is 61.5 Å². The van der Waals surface area contributed by atoms with Crippen LogP contribution in [0.25, 0.3) is 10.8 Å². The van der Waals surface area contributed by atoms with Gasteiger partial charge in [0, 0.05) is 12.8 Å². The van der Waals surface area contributed by atoms with E-state index in [4.69, 9.17) is 0 Å². The lowest BCUT2D eigenvalue weighted by Gasteiger charge is -2.27. The summed E-state index contributed by atoms with van der Waals surface area (Å²) in [5.41, 5.74) is 3.26. The third kappa shape index (κ3) is 6.69. The molecule has 0 spiro atoms. The molecule has 0 aromatic heterocycles. The first-order valence-electron chi connectivity index (χ1n) is 13.4. The Morgan fingerprint density at radius 2 is 1.65 bits per heavy atom. The number of amides is 3. The molecule has 3 aromatic carbocycles. The van der Waals surface area contributed by atoms with E-state index in [2.05, 4.69) is 16.7 Å². The lowest BCUT2D eigenvalue weighted by atomic mass is 9.99. The van der Waals surface area contributed by atoms with Crippen LogP contribution in [-0.4, -0.2) is 49.2 Å². The second-order valence-corrected chi connectivity index (χ2v) is 10.1. The Morgan fingerprint density at radius 3 is 2.35 bits per heavy atom. The molecule has 0 fully saturated rings. The molecule has 0 saturated carbocycles. The van der Waals surface area contributed by atoms with Crippen molar-refractivity contribution in [1.82, 2.24) is 10.6 Å². The van der Waals surface area contributed by atoms with Gasteiger partial charge in [-0.15, -0.1) is 12.4 Å². The van der Waals surface area contributed by atoms with E-state index >= 15 is 0 Å². The summed E-state index contributed by atoms with van der Waals surface area (Å²) in [4.78, 5) is 55.3. The Labute approximate surface area is 241 Å². The maximum absolute atomic E-state index is 14.2. The minimum absolute atomic E-state index is 0. The van der Waals surface area contributed by atoms with Gasteiger partial charge in [0.25, 0.3) is 5.91 Å². The van der Waals surface area contributed by atoms with E-state index in [-0.39, 0.29) is 55.4 Å². The molecule has 8 nitrogen and oxygen atoms in total. The van der Waals surface area contributed by atoms with Crippen LogP contribution in [0.3, 0.4) is 0 Å². The quantitative estimate of drug-likeness (QED) is 0.404. The van der Waals surface area contributed by atoms with Crippen molar-refractivity contribution in [3.8, 4) is 0 Å². The van der Waals surface area contributed by atoms with Crippen molar-refractivity contribution in [1.29, 1.82) is 0 Å². The average molecular weight is 565 g/mol. The molecule has 2 atom stereocenters. The summed E-state index contributed by atoms with van der Waals surface area (Å²) in [6, 6.07) is 18.0. The number of benzene rings is 3. The smallest absolute Gasteiger partial charge is 0.251 e. The van der Waals surface area contributed by atoms with Gasteiger partial charge in [-0.05, 0) is 68.3 Å². The van der Waals surface area contributed by atoms with Crippen molar-refractivity contribution in [3.63, 3.8) is 0 Å². The van der Waals surface area contributed by atoms with Gasteiger partial charge in [0.15, 0.2) is 0 Å². The molecule has 3 amide bonds. The highest BCUT2D eigenvalue weighted by atomic mass is 35.5. The van der Waals surface area contributed by atoms with Crippen LogP contribution in [0, 0.1) is 6.92 Å². The molecule has 1 aliphatic rings. The maximum Gasteiger partial charge on any atom is 0.251 e. The van der Waals surface area contributed by atoms with Gasteiger partial charge in [0.2, 0.25) is 11.8 Å². The molecule has 2 N–H and O–H groups in total. The maximum atomic E-state index is 14.2. The van der Waals surface area contributed by atoms with Crippen molar-refractivity contribution >= 4 is 58.1 Å². The molecule has 212 valence electrons. The van der Waals surface area contributed by atoms with E-state index in [0.717, 1.165) is 21.9 Å². The summed E-state index contributed by atoms with van der Waals surface area (Å²) < 4.78 is 0. The second kappa shape index (κ2) is 13.5. The van der Waals surface area contributed by atoms with Crippen LogP contribution in [0.1, 0.15) is 44.2 Å². The van der Waals surface area contributed by atoms with Crippen LogP contribution in [-0.2, 0) is 25.7 Å². The number of halogens is 1. The molecule has 0 radical (unpaired) electrons. The molecule has 3 aromatic rings. The summed E-state index contributed by atoms with van der Waals surface area (Å²) in [7, 11) is 1.68. The zero-order valence-electron chi connectivity index (χ0n) is 23.4. The number of anilines is 2. The number of ketones is 1.